The number of rotatable bonds is 5. The lowest BCUT2D eigenvalue weighted by Gasteiger charge is -2.44. The maximum atomic E-state index is 13.4. The molecule has 0 spiro atoms. The van der Waals surface area contributed by atoms with E-state index in [2.05, 4.69) is 0 Å². The average molecular weight is 408 g/mol. The molecule has 2 heterocycles. The molecule has 30 heavy (non-hydrogen) atoms. The summed E-state index contributed by atoms with van der Waals surface area (Å²) in [5.74, 6) is 1.21. The number of ether oxygens (including phenoxy) is 2. The molecule has 0 aromatic heterocycles. The fourth-order valence-electron chi connectivity index (χ4n) is 4.52. The van der Waals surface area contributed by atoms with Gasteiger partial charge < -0.3 is 14.4 Å². The molecule has 2 aromatic carbocycles. The standard InChI is InChI=1S/C24H28N2O4/c1-5-29-21-12-17-7-8-25-20(19(17)13-22(21)30-6-2)14-23(27)26(24(25)28)18-10-15(3)9-16(4)11-18/h9-13,20H,5-8,14H2,1-4H3/t20-/m0/s1. The molecule has 2 aromatic rings. The van der Waals surface area contributed by atoms with Crippen LogP contribution in [-0.2, 0) is 11.2 Å². The molecule has 2 aliphatic heterocycles. The first-order chi connectivity index (χ1) is 14.4. The molecule has 0 bridgehead atoms. The van der Waals surface area contributed by atoms with Gasteiger partial charge in [-0.25, -0.2) is 9.69 Å². The molecule has 2 aliphatic rings. The monoisotopic (exact) mass is 408 g/mol. The van der Waals surface area contributed by atoms with Crippen molar-refractivity contribution in [3.63, 3.8) is 0 Å². The predicted octanol–water partition coefficient (Wildman–Crippen LogP) is 4.56. The third-order valence-corrected chi connectivity index (χ3v) is 5.68. The van der Waals surface area contributed by atoms with Gasteiger partial charge in [0.25, 0.3) is 0 Å². The van der Waals surface area contributed by atoms with Crippen molar-refractivity contribution in [1.82, 2.24) is 4.90 Å². The molecule has 1 saturated heterocycles. The molecule has 0 unspecified atom stereocenters. The molecule has 0 saturated carbocycles. The van der Waals surface area contributed by atoms with Gasteiger partial charge in [-0.15, -0.1) is 0 Å². The van der Waals surface area contributed by atoms with Gasteiger partial charge in [0.2, 0.25) is 5.91 Å². The largest absolute Gasteiger partial charge is 0.490 e. The number of benzene rings is 2. The van der Waals surface area contributed by atoms with Crippen molar-refractivity contribution < 1.29 is 19.1 Å². The number of aryl methyl sites for hydroxylation is 2. The van der Waals surface area contributed by atoms with E-state index in [1.54, 1.807) is 0 Å². The summed E-state index contributed by atoms with van der Waals surface area (Å²) in [5.41, 5.74) is 4.80. The van der Waals surface area contributed by atoms with Crippen molar-refractivity contribution in [2.45, 2.75) is 46.6 Å². The molecule has 3 amide bonds. The fraction of sp³-hybridized carbons (Fsp3) is 0.417. The Hall–Kier alpha value is -3.02. The molecule has 6 heteroatoms. The van der Waals surface area contributed by atoms with Gasteiger partial charge in [0.1, 0.15) is 0 Å². The summed E-state index contributed by atoms with van der Waals surface area (Å²) < 4.78 is 11.5. The van der Waals surface area contributed by atoms with E-state index in [0.717, 1.165) is 34.4 Å². The van der Waals surface area contributed by atoms with Crippen LogP contribution in [-0.4, -0.2) is 36.6 Å². The van der Waals surface area contributed by atoms with Gasteiger partial charge in [-0.1, -0.05) is 6.07 Å². The van der Waals surface area contributed by atoms with E-state index < -0.39 is 0 Å². The molecule has 0 N–H and O–H groups in total. The first kappa shape index (κ1) is 20.3. The molecule has 6 nitrogen and oxygen atoms in total. The zero-order valence-corrected chi connectivity index (χ0v) is 18.0. The summed E-state index contributed by atoms with van der Waals surface area (Å²) in [5, 5.41) is 0. The molecule has 158 valence electrons. The third-order valence-electron chi connectivity index (χ3n) is 5.68. The van der Waals surface area contributed by atoms with Crippen molar-refractivity contribution in [2.24, 2.45) is 0 Å². The van der Waals surface area contributed by atoms with E-state index in [1.807, 2.05) is 62.9 Å². The van der Waals surface area contributed by atoms with Gasteiger partial charge >= 0.3 is 6.03 Å². The number of hydrogen-bond donors (Lipinski definition) is 0. The highest BCUT2D eigenvalue weighted by molar-refractivity contribution is 6.16. The van der Waals surface area contributed by atoms with Crippen LogP contribution in [0.2, 0.25) is 0 Å². The van der Waals surface area contributed by atoms with Gasteiger partial charge in [-0.05, 0) is 80.6 Å². The van der Waals surface area contributed by atoms with Crippen LogP contribution in [0.5, 0.6) is 11.5 Å². The number of amides is 3. The number of urea groups is 1. The minimum absolute atomic E-state index is 0.175. The second kappa shape index (κ2) is 8.01. The Morgan fingerprint density at radius 2 is 1.57 bits per heavy atom. The number of carbonyl (C=O) groups is 2. The summed E-state index contributed by atoms with van der Waals surface area (Å²) in [4.78, 5) is 29.6. The van der Waals surface area contributed by atoms with Crippen LogP contribution in [0.3, 0.4) is 0 Å². The molecular formula is C24H28N2O4. The number of nitrogens with zero attached hydrogens (tertiary/aromatic N) is 2. The van der Waals surface area contributed by atoms with Gasteiger partial charge in [0.15, 0.2) is 11.5 Å². The Kier molecular flexibility index (Phi) is 5.41. The summed E-state index contributed by atoms with van der Waals surface area (Å²) in [6.07, 6.45) is 0.976. The van der Waals surface area contributed by atoms with E-state index in [1.165, 1.54) is 4.90 Å². The van der Waals surface area contributed by atoms with Crippen molar-refractivity contribution >= 4 is 17.6 Å². The van der Waals surface area contributed by atoms with E-state index in [-0.39, 0.29) is 24.4 Å². The minimum Gasteiger partial charge on any atom is -0.490 e. The van der Waals surface area contributed by atoms with Crippen LogP contribution in [0.4, 0.5) is 10.5 Å². The molecule has 0 radical (unpaired) electrons. The number of fused-ring (bicyclic) bond motifs is 3. The van der Waals surface area contributed by atoms with E-state index in [4.69, 9.17) is 9.47 Å². The van der Waals surface area contributed by atoms with Crippen LogP contribution in [0.15, 0.2) is 30.3 Å². The third kappa shape index (κ3) is 3.51. The normalized spacial score (nSPS) is 18.2. The SMILES string of the molecule is CCOc1cc2c(cc1OCC)[C@@H]1CC(=O)N(c3cc(C)cc(C)c3)C(=O)N1CC2. The van der Waals surface area contributed by atoms with E-state index in [9.17, 15) is 9.59 Å². The lowest BCUT2D eigenvalue weighted by molar-refractivity contribution is -0.120. The summed E-state index contributed by atoms with van der Waals surface area (Å²) in [6.45, 7) is 9.46. The Balaban J connectivity index is 1.70. The molecule has 1 fully saturated rings. The number of hydrogen-bond acceptors (Lipinski definition) is 4. The van der Waals surface area contributed by atoms with E-state index in [0.29, 0.717) is 31.2 Å². The van der Waals surface area contributed by atoms with Gasteiger partial charge in [-0.2, -0.15) is 0 Å². The van der Waals surface area contributed by atoms with Crippen LogP contribution in [0.25, 0.3) is 0 Å². The zero-order chi connectivity index (χ0) is 21.4. The maximum absolute atomic E-state index is 13.4. The number of imide groups is 1. The Bertz CT molecular complexity index is 981. The topological polar surface area (TPSA) is 59.1 Å². The van der Waals surface area contributed by atoms with Gasteiger partial charge in [0, 0.05) is 6.54 Å². The number of anilines is 1. The van der Waals surface area contributed by atoms with Crippen molar-refractivity contribution in [3.8, 4) is 11.5 Å². The Morgan fingerprint density at radius 3 is 2.20 bits per heavy atom. The van der Waals surface area contributed by atoms with Crippen LogP contribution in [0.1, 0.15) is 48.6 Å². The fourth-order valence-corrected chi connectivity index (χ4v) is 4.52. The summed E-state index contributed by atoms with van der Waals surface area (Å²) >= 11 is 0. The van der Waals surface area contributed by atoms with Gasteiger partial charge in [0.05, 0.1) is 31.4 Å². The highest BCUT2D eigenvalue weighted by atomic mass is 16.5. The van der Waals surface area contributed by atoms with Crippen molar-refractivity contribution in [1.29, 1.82) is 0 Å². The molecule has 0 aliphatic carbocycles. The van der Waals surface area contributed by atoms with Gasteiger partial charge in [-0.3, -0.25) is 4.79 Å². The molecular weight excluding hydrogens is 380 g/mol. The van der Waals surface area contributed by atoms with Crippen molar-refractivity contribution in [2.75, 3.05) is 24.7 Å². The summed E-state index contributed by atoms with van der Waals surface area (Å²) in [7, 11) is 0. The predicted molar refractivity (Wildman–Crippen MR) is 115 cm³/mol. The lowest BCUT2D eigenvalue weighted by atomic mass is 9.88. The highest BCUT2D eigenvalue weighted by Gasteiger charge is 2.43. The number of carbonyl (C=O) groups excluding carboxylic acids is 2. The Labute approximate surface area is 177 Å². The second-order valence-electron chi connectivity index (χ2n) is 7.88. The first-order valence-electron chi connectivity index (χ1n) is 10.6. The quantitative estimate of drug-likeness (QED) is 0.728. The Morgan fingerprint density at radius 1 is 0.933 bits per heavy atom. The first-order valence-corrected chi connectivity index (χ1v) is 10.6. The van der Waals surface area contributed by atoms with Crippen molar-refractivity contribution in [3.05, 3.63) is 52.6 Å². The zero-order valence-electron chi connectivity index (χ0n) is 18.0. The molecule has 4 rings (SSSR count). The minimum atomic E-state index is -0.272. The lowest BCUT2D eigenvalue weighted by Crippen LogP contribution is -2.55. The molecule has 1 atom stereocenters. The van der Waals surface area contributed by atoms with Crippen LogP contribution >= 0.6 is 0 Å². The highest BCUT2D eigenvalue weighted by Crippen LogP contribution is 2.42. The maximum Gasteiger partial charge on any atom is 0.331 e. The van der Waals surface area contributed by atoms with Crippen LogP contribution in [0, 0.1) is 13.8 Å². The summed E-state index contributed by atoms with van der Waals surface area (Å²) in [6, 6.07) is 9.25. The van der Waals surface area contributed by atoms with E-state index >= 15 is 0 Å². The second-order valence-corrected chi connectivity index (χ2v) is 7.88. The smallest absolute Gasteiger partial charge is 0.331 e. The van der Waals surface area contributed by atoms with Crippen LogP contribution < -0.4 is 14.4 Å². The average Bonchev–Trinajstić information content (AvgIpc) is 2.68.